The van der Waals surface area contributed by atoms with Crippen LogP contribution >= 0.6 is 23.2 Å². The van der Waals surface area contributed by atoms with E-state index in [-0.39, 0.29) is 17.2 Å². The molecule has 5 N–H and O–H groups in total. The molecule has 2 aromatic heterocycles. The van der Waals surface area contributed by atoms with E-state index in [4.69, 9.17) is 51.0 Å². The lowest BCUT2D eigenvalue weighted by Gasteiger charge is -2.40. The molecule has 69 heavy (non-hydrogen) atoms. The number of rotatable bonds is 14. The largest absolute Gasteiger partial charge is 0.486 e. The third-order valence-electron chi connectivity index (χ3n) is 12.3. The standard InChI is InChI=1S/C25H26ClN3O6.C25H25ClN2O6/c1-14-11-29(12-14)13-18(24(30)15-2-4-20-21(9-15)34-7-6-33-20)27-25(31)23(28-32)22-10-16-8-17(26)3-5-19(16)35-22;1-14-11-28(12-14)13-18(23(29)15-2-4-20-21(9-15)33-7-6-32-20)27-25(31)24(30)22-10-16-8-17(26)3-5-19(16)34-22/h2-5,8-10,14,18,24,30,32H,6-7,11-13H2,1H3,(H,27,31);2-5,8-10,14,18,23,29H,6-7,11-13H2,1H3,(H,27,31)/b28-23+;/t18-,24-;18-,23-/m11/s1. The van der Waals surface area contributed by atoms with Crippen LogP contribution in [0.4, 0.5) is 0 Å². The molecule has 0 bridgehead atoms. The number of fused-ring (bicyclic) bond motifs is 4. The van der Waals surface area contributed by atoms with Crippen LogP contribution in [-0.4, -0.2) is 126 Å². The number of hydrogen-bond acceptors (Lipinski definition) is 15. The first-order valence-electron chi connectivity index (χ1n) is 22.6. The predicted octanol–water partition coefficient (Wildman–Crippen LogP) is 6.42. The highest BCUT2D eigenvalue weighted by Crippen LogP contribution is 2.36. The van der Waals surface area contributed by atoms with Crippen LogP contribution in [0.2, 0.25) is 10.0 Å². The number of carbonyl (C=O) groups is 3. The molecule has 4 aromatic carbocycles. The molecule has 6 aromatic rings. The van der Waals surface area contributed by atoms with Gasteiger partial charge in [0.05, 0.1) is 12.1 Å². The van der Waals surface area contributed by atoms with Crippen molar-refractivity contribution in [3.05, 3.63) is 118 Å². The molecular weight excluding hydrogens is 933 g/mol. The summed E-state index contributed by atoms with van der Waals surface area (Å²) < 4.78 is 33.6. The molecule has 19 heteroatoms. The maximum atomic E-state index is 13.2. The summed E-state index contributed by atoms with van der Waals surface area (Å²) in [5.74, 6) is 1.09. The SMILES string of the molecule is CC1CN(C[C@@H](NC(=O)/C(=N/O)c2cc3cc(Cl)ccc3o2)[C@H](O)c2ccc3c(c2)OCCO3)C1.CC1CN(C[C@@H](NC(=O)C(=O)c2cc3cc(Cl)ccc3o2)[C@H](O)c2ccc3c(c2)OCCO3)C1. The molecule has 4 aliphatic heterocycles. The topological polar surface area (TPSA) is 218 Å². The fourth-order valence-electron chi connectivity index (χ4n) is 8.96. The first kappa shape index (κ1) is 47.7. The number of hydrogen-bond donors (Lipinski definition) is 5. The van der Waals surface area contributed by atoms with Gasteiger partial charge in [-0.1, -0.05) is 54.3 Å². The number of nitrogens with zero attached hydrogens (tertiary/aromatic N) is 3. The number of amides is 2. The van der Waals surface area contributed by atoms with Crippen molar-refractivity contribution in [2.45, 2.75) is 38.1 Å². The molecule has 4 atom stereocenters. The quantitative estimate of drug-likeness (QED) is 0.0262. The smallest absolute Gasteiger partial charge is 0.296 e. The molecule has 17 nitrogen and oxygen atoms in total. The Labute approximate surface area is 406 Å². The van der Waals surface area contributed by atoms with E-state index < -0.39 is 41.9 Å². The van der Waals surface area contributed by atoms with Gasteiger partial charge in [-0.2, -0.15) is 0 Å². The Hall–Kier alpha value is -6.34. The number of ketones is 1. The molecule has 0 saturated carbocycles. The van der Waals surface area contributed by atoms with Gasteiger partial charge in [0.1, 0.15) is 49.8 Å². The zero-order chi connectivity index (χ0) is 48.3. The lowest BCUT2D eigenvalue weighted by Crippen LogP contribution is -2.54. The van der Waals surface area contributed by atoms with Gasteiger partial charge in [-0.05, 0) is 95.8 Å². The minimum Gasteiger partial charge on any atom is -0.486 e. The third-order valence-corrected chi connectivity index (χ3v) is 12.8. The molecule has 2 saturated heterocycles. The maximum absolute atomic E-state index is 13.2. The lowest BCUT2D eigenvalue weighted by molar-refractivity contribution is -0.119. The molecule has 0 radical (unpaired) electrons. The fourth-order valence-corrected chi connectivity index (χ4v) is 9.32. The van der Waals surface area contributed by atoms with E-state index in [1.807, 2.05) is 0 Å². The van der Waals surface area contributed by atoms with Crippen LogP contribution in [0.3, 0.4) is 0 Å². The van der Waals surface area contributed by atoms with Gasteiger partial charge in [-0.25, -0.2) is 0 Å². The van der Waals surface area contributed by atoms with Crippen LogP contribution in [0.1, 0.15) is 53.5 Å². The van der Waals surface area contributed by atoms with Gasteiger partial charge >= 0.3 is 0 Å². The molecule has 0 aliphatic carbocycles. The zero-order valence-electron chi connectivity index (χ0n) is 37.7. The number of likely N-dealkylation sites (tertiary alicyclic amines) is 2. The summed E-state index contributed by atoms with van der Waals surface area (Å²) in [7, 11) is 0. The van der Waals surface area contributed by atoms with E-state index in [9.17, 15) is 29.8 Å². The lowest BCUT2D eigenvalue weighted by atomic mass is 9.97. The van der Waals surface area contributed by atoms with Crippen molar-refractivity contribution in [3.8, 4) is 23.0 Å². The summed E-state index contributed by atoms with van der Waals surface area (Å²) in [6.07, 6.45) is -2.10. The van der Waals surface area contributed by atoms with Gasteiger partial charge in [-0.3, -0.25) is 14.4 Å². The monoisotopic (exact) mass is 983 g/mol. The average molecular weight is 985 g/mol. The molecule has 0 spiro atoms. The first-order valence-corrected chi connectivity index (χ1v) is 23.4. The van der Waals surface area contributed by atoms with Crippen molar-refractivity contribution >= 4 is 68.4 Å². The van der Waals surface area contributed by atoms with Gasteiger partial charge in [-0.15, -0.1) is 0 Å². The van der Waals surface area contributed by atoms with Crippen molar-refractivity contribution in [1.29, 1.82) is 0 Å². The van der Waals surface area contributed by atoms with E-state index in [1.165, 1.54) is 6.07 Å². The number of furan rings is 2. The molecule has 0 unspecified atom stereocenters. The molecule has 2 fully saturated rings. The van der Waals surface area contributed by atoms with Crippen molar-refractivity contribution in [1.82, 2.24) is 20.4 Å². The zero-order valence-corrected chi connectivity index (χ0v) is 39.2. The highest BCUT2D eigenvalue weighted by Gasteiger charge is 2.35. The number of oxime groups is 1. The van der Waals surface area contributed by atoms with Gasteiger partial charge in [0.2, 0.25) is 5.71 Å². The first-order chi connectivity index (χ1) is 33.3. The number of nitrogens with one attached hydrogen (secondary N) is 2. The van der Waals surface area contributed by atoms with Crippen LogP contribution in [0.5, 0.6) is 23.0 Å². The highest BCUT2D eigenvalue weighted by atomic mass is 35.5. The van der Waals surface area contributed by atoms with Gasteiger partial charge in [0.25, 0.3) is 17.6 Å². The second-order valence-corrected chi connectivity index (χ2v) is 18.7. The summed E-state index contributed by atoms with van der Waals surface area (Å²) in [6, 6.07) is 22.1. The average Bonchev–Trinajstić information content (AvgIpc) is 3.95. The van der Waals surface area contributed by atoms with E-state index >= 15 is 0 Å². The number of halogens is 2. The van der Waals surface area contributed by atoms with E-state index in [1.54, 1.807) is 78.9 Å². The Morgan fingerprint density at radius 2 is 1.04 bits per heavy atom. The molecule has 4 aliphatic rings. The van der Waals surface area contributed by atoms with Crippen molar-refractivity contribution in [2.24, 2.45) is 17.0 Å². The van der Waals surface area contributed by atoms with Crippen LogP contribution in [0.15, 0.2) is 98.9 Å². The van der Waals surface area contributed by atoms with E-state index in [0.29, 0.717) is 117 Å². The molecule has 6 heterocycles. The number of ether oxygens (including phenoxy) is 4. The number of aliphatic hydroxyl groups is 2. The minimum atomic E-state index is -1.06. The van der Waals surface area contributed by atoms with Crippen LogP contribution in [0, 0.1) is 11.8 Å². The third kappa shape index (κ3) is 10.9. The summed E-state index contributed by atoms with van der Waals surface area (Å²) in [4.78, 5) is 43.2. The second-order valence-electron chi connectivity index (χ2n) is 17.9. The number of carbonyl (C=O) groups excluding carboxylic acids is 3. The molecule has 2 amide bonds. The van der Waals surface area contributed by atoms with Gasteiger partial charge < -0.3 is 63.6 Å². The van der Waals surface area contributed by atoms with E-state index in [0.717, 1.165) is 26.2 Å². The summed E-state index contributed by atoms with van der Waals surface area (Å²) in [5, 5.41) is 43.1. The van der Waals surface area contributed by atoms with Crippen LogP contribution < -0.4 is 29.6 Å². The Kier molecular flexibility index (Phi) is 14.3. The highest BCUT2D eigenvalue weighted by molar-refractivity contribution is 6.45. The van der Waals surface area contributed by atoms with Crippen LogP contribution in [-0.2, 0) is 9.59 Å². The van der Waals surface area contributed by atoms with Crippen molar-refractivity contribution in [3.63, 3.8) is 0 Å². The maximum Gasteiger partial charge on any atom is 0.296 e. The summed E-state index contributed by atoms with van der Waals surface area (Å²) >= 11 is 12.0. The predicted molar refractivity (Wildman–Crippen MR) is 255 cm³/mol. The van der Waals surface area contributed by atoms with Crippen molar-refractivity contribution in [2.75, 3.05) is 65.7 Å². The van der Waals surface area contributed by atoms with E-state index in [2.05, 4.69) is 39.4 Å². The number of aliphatic hydroxyl groups excluding tert-OH is 2. The Bertz CT molecular complexity index is 2890. The molecule has 362 valence electrons. The van der Waals surface area contributed by atoms with Gasteiger partial charge in [0.15, 0.2) is 34.5 Å². The second kappa shape index (κ2) is 20.7. The Morgan fingerprint density at radius 3 is 1.51 bits per heavy atom. The summed E-state index contributed by atoms with van der Waals surface area (Å²) in [5.41, 5.74) is 1.81. The number of benzene rings is 4. The summed E-state index contributed by atoms with van der Waals surface area (Å²) in [6.45, 7) is 10.3. The van der Waals surface area contributed by atoms with Crippen LogP contribution in [0.25, 0.3) is 21.9 Å². The normalized spacial score (nSPS) is 18.0. The number of Topliss-reactive ketones (excluding diaryl/α,β-unsaturated/α-hetero) is 1. The van der Waals surface area contributed by atoms with Crippen molar-refractivity contribution < 1.29 is 57.6 Å². The molecular formula is C50H51Cl2N5O12. The Balaban J connectivity index is 0.000000172. The Morgan fingerprint density at radius 1 is 0.609 bits per heavy atom. The molecule has 10 rings (SSSR count). The minimum absolute atomic E-state index is 0.0834. The fraction of sp³-hybridized carbons (Fsp3) is 0.360. The van der Waals surface area contributed by atoms with Gasteiger partial charge in [0, 0.05) is 60.1 Å².